The van der Waals surface area contributed by atoms with Gasteiger partial charge in [-0.2, -0.15) is 0 Å². The van der Waals surface area contributed by atoms with Gasteiger partial charge in [-0.25, -0.2) is 9.97 Å². The van der Waals surface area contributed by atoms with Gasteiger partial charge < -0.3 is 4.90 Å². The fraction of sp³-hybridized carbons (Fsp3) is 0.182. The third-order valence-electron chi connectivity index (χ3n) is 5.25. The summed E-state index contributed by atoms with van der Waals surface area (Å²) in [5.41, 5.74) is 3.61. The first-order chi connectivity index (χ1) is 14.0. The number of aromatic nitrogens is 3. The molecule has 4 aromatic rings. The summed E-state index contributed by atoms with van der Waals surface area (Å²) in [5.74, 6) is 1.15. The average molecular weight is 404 g/mol. The number of aryl methyl sites for hydroxylation is 1. The number of benzene rings is 2. The first-order valence-electron chi connectivity index (χ1n) is 9.38. The summed E-state index contributed by atoms with van der Waals surface area (Å²) < 4.78 is 0. The quantitative estimate of drug-likeness (QED) is 0.475. The zero-order valence-electron chi connectivity index (χ0n) is 16.1. The van der Waals surface area contributed by atoms with E-state index >= 15 is 0 Å². The molecule has 0 atom stereocenters. The van der Waals surface area contributed by atoms with Gasteiger partial charge in [-0.3, -0.25) is 14.7 Å². The number of likely N-dealkylation sites (N-methyl/N-ethyl adjacent to an activating group) is 1. The maximum Gasteiger partial charge on any atom is 0.261 e. The number of carbonyl (C=O) groups excluding carboxylic acids is 1. The number of amides is 1. The van der Waals surface area contributed by atoms with E-state index in [-0.39, 0.29) is 5.91 Å². The number of para-hydroxylation sites is 2. The molecule has 29 heavy (non-hydrogen) atoms. The average Bonchev–Trinajstić information content (AvgIpc) is 2.72. The van der Waals surface area contributed by atoms with Crippen LogP contribution in [-0.2, 0) is 0 Å². The minimum atomic E-state index is -0.129. The van der Waals surface area contributed by atoms with Crippen molar-refractivity contribution in [2.45, 2.75) is 6.92 Å². The number of nitrogens with zero attached hydrogens (tertiary/aromatic N) is 5. The number of rotatable bonds is 1. The highest BCUT2D eigenvalue weighted by Crippen LogP contribution is 2.32. The van der Waals surface area contributed by atoms with Crippen LogP contribution in [0.5, 0.6) is 0 Å². The molecule has 0 N–H and O–H groups in total. The molecule has 0 aliphatic carbocycles. The van der Waals surface area contributed by atoms with Crippen molar-refractivity contribution in [1.82, 2.24) is 15.0 Å². The fourth-order valence-corrected chi connectivity index (χ4v) is 3.86. The van der Waals surface area contributed by atoms with E-state index in [1.165, 1.54) is 0 Å². The minimum absolute atomic E-state index is 0.129. The standard InChI is InChI=1S/C22H18ClN5O/c1-13-16(12-14-11-15(23)7-8-17(14)24-13)22(29)28-10-9-27(2)20-21(28)26-19-6-4-3-5-18(19)25-20/h3-8,11-12H,9-10H2,1-2H3. The summed E-state index contributed by atoms with van der Waals surface area (Å²) in [6.45, 7) is 3.06. The number of carbonyl (C=O) groups is 1. The zero-order chi connectivity index (χ0) is 20.1. The first kappa shape index (κ1) is 17.8. The second-order valence-electron chi connectivity index (χ2n) is 7.20. The molecule has 0 bridgehead atoms. The topological polar surface area (TPSA) is 62.2 Å². The molecule has 2 aromatic heterocycles. The number of halogens is 1. The van der Waals surface area contributed by atoms with Gasteiger partial charge in [0.1, 0.15) is 0 Å². The predicted octanol–water partition coefficient (Wildman–Crippen LogP) is 4.24. The molecular formula is C22H18ClN5O. The molecule has 0 radical (unpaired) electrons. The van der Waals surface area contributed by atoms with Gasteiger partial charge >= 0.3 is 0 Å². The van der Waals surface area contributed by atoms with Gasteiger partial charge in [0.05, 0.1) is 27.8 Å². The summed E-state index contributed by atoms with van der Waals surface area (Å²) in [5, 5.41) is 1.45. The summed E-state index contributed by atoms with van der Waals surface area (Å²) in [4.78, 5) is 31.4. The van der Waals surface area contributed by atoms with Crippen LogP contribution in [0.1, 0.15) is 16.1 Å². The largest absolute Gasteiger partial charge is 0.355 e. The van der Waals surface area contributed by atoms with E-state index in [4.69, 9.17) is 21.6 Å². The molecule has 0 saturated heterocycles. The molecule has 1 aliphatic heterocycles. The van der Waals surface area contributed by atoms with Crippen LogP contribution >= 0.6 is 11.6 Å². The molecule has 0 spiro atoms. The smallest absolute Gasteiger partial charge is 0.261 e. The van der Waals surface area contributed by atoms with Crippen molar-refractivity contribution in [3.05, 3.63) is 64.8 Å². The molecule has 5 rings (SSSR count). The molecule has 3 heterocycles. The van der Waals surface area contributed by atoms with E-state index in [1.54, 1.807) is 11.0 Å². The van der Waals surface area contributed by atoms with Crippen molar-refractivity contribution >= 4 is 51.1 Å². The Hall–Kier alpha value is -3.25. The molecule has 2 aromatic carbocycles. The molecule has 0 saturated carbocycles. The van der Waals surface area contributed by atoms with Gasteiger partial charge in [0.15, 0.2) is 11.6 Å². The highest BCUT2D eigenvalue weighted by Gasteiger charge is 2.30. The van der Waals surface area contributed by atoms with Gasteiger partial charge in [-0.1, -0.05) is 23.7 Å². The lowest BCUT2D eigenvalue weighted by atomic mass is 10.1. The van der Waals surface area contributed by atoms with E-state index in [9.17, 15) is 4.79 Å². The maximum absolute atomic E-state index is 13.5. The van der Waals surface area contributed by atoms with Crippen LogP contribution in [0.2, 0.25) is 5.02 Å². The Labute approximate surface area is 172 Å². The lowest BCUT2D eigenvalue weighted by Crippen LogP contribution is -2.44. The minimum Gasteiger partial charge on any atom is -0.355 e. The monoisotopic (exact) mass is 403 g/mol. The van der Waals surface area contributed by atoms with Crippen molar-refractivity contribution in [3.8, 4) is 0 Å². The third-order valence-corrected chi connectivity index (χ3v) is 5.49. The molecule has 1 amide bonds. The molecule has 144 valence electrons. The van der Waals surface area contributed by atoms with Gasteiger partial charge in [0, 0.05) is 30.5 Å². The summed E-state index contributed by atoms with van der Waals surface area (Å²) >= 11 is 6.13. The van der Waals surface area contributed by atoms with Crippen LogP contribution in [0, 0.1) is 6.92 Å². The van der Waals surface area contributed by atoms with Crippen LogP contribution in [-0.4, -0.2) is 41.0 Å². The Balaban J connectivity index is 1.64. The second-order valence-corrected chi connectivity index (χ2v) is 7.63. The molecule has 6 nitrogen and oxygen atoms in total. The molecule has 1 aliphatic rings. The normalized spacial score (nSPS) is 13.8. The number of pyridine rings is 1. The molecule has 0 unspecified atom stereocenters. The van der Waals surface area contributed by atoms with E-state index in [2.05, 4.69) is 4.98 Å². The molecule has 0 fully saturated rings. The Morgan fingerprint density at radius 1 is 0.931 bits per heavy atom. The third kappa shape index (κ3) is 2.96. The highest BCUT2D eigenvalue weighted by molar-refractivity contribution is 6.31. The number of hydrogen-bond acceptors (Lipinski definition) is 5. The molecular weight excluding hydrogens is 386 g/mol. The van der Waals surface area contributed by atoms with Gasteiger partial charge in [-0.05, 0) is 43.3 Å². The van der Waals surface area contributed by atoms with Crippen LogP contribution in [0.4, 0.5) is 11.6 Å². The van der Waals surface area contributed by atoms with Gasteiger partial charge in [0.2, 0.25) is 0 Å². The molecule has 7 heteroatoms. The number of hydrogen-bond donors (Lipinski definition) is 0. The van der Waals surface area contributed by atoms with Crippen LogP contribution < -0.4 is 9.80 Å². The van der Waals surface area contributed by atoms with E-state index in [1.807, 2.05) is 61.3 Å². The van der Waals surface area contributed by atoms with E-state index in [0.29, 0.717) is 41.0 Å². The lowest BCUT2D eigenvalue weighted by Gasteiger charge is -2.34. The number of fused-ring (bicyclic) bond motifs is 3. The second kappa shape index (κ2) is 6.67. The van der Waals surface area contributed by atoms with Crippen molar-refractivity contribution in [2.24, 2.45) is 0 Å². The van der Waals surface area contributed by atoms with Crippen molar-refractivity contribution in [2.75, 3.05) is 29.9 Å². The zero-order valence-corrected chi connectivity index (χ0v) is 16.8. The van der Waals surface area contributed by atoms with Crippen molar-refractivity contribution < 1.29 is 4.79 Å². The number of anilines is 2. The van der Waals surface area contributed by atoms with Crippen molar-refractivity contribution in [1.29, 1.82) is 0 Å². The summed E-state index contributed by atoms with van der Waals surface area (Å²) in [6, 6.07) is 15.0. The Bertz CT molecular complexity index is 1290. The summed E-state index contributed by atoms with van der Waals surface area (Å²) in [7, 11) is 1.97. The SMILES string of the molecule is Cc1nc2ccc(Cl)cc2cc1C(=O)N1CCN(C)c2nc3ccccc3nc21. The van der Waals surface area contributed by atoms with E-state index < -0.39 is 0 Å². The predicted molar refractivity (Wildman–Crippen MR) is 116 cm³/mol. The Morgan fingerprint density at radius 2 is 1.66 bits per heavy atom. The van der Waals surface area contributed by atoms with Crippen molar-refractivity contribution in [3.63, 3.8) is 0 Å². The van der Waals surface area contributed by atoms with Crippen LogP contribution in [0.15, 0.2) is 48.5 Å². The maximum atomic E-state index is 13.5. The fourth-order valence-electron chi connectivity index (χ4n) is 3.68. The van der Waals surface area contributed by atoms with Gasteiger partial charge in [0.25, 0.3) is 5.91 Å². The van der Waals surface area contributed by atoms with Gasteiger partial charge in [-0.15, -0.1) is 0 Å². The Morgan fingerprint density at radius 3 is 2.41 bits per heavy atom. The van der Waals surface area contributed by atoms with E-state index in [0.717, 1.165) is 21.9 Å². The highest BCUT2D eigenvalue weighted by atomic mass is 35.5. The lowest BCUT2D eigenvalue weighted by molar-refractivity contribution is 0.0985. The van der Waals surface area contributed by atoms with Crippen LogP contribution in [0.25, 0.3) is 21.9 Å². The van der Waals surface area contributed by atoms with Crippen LogP contribution in [0.3, 0.4) is 0 Å². The first-order valence-corrected chi connectivity index (χ1v) is 9.76. The summed E-state index contributed by atoms with van der Waals surface area (Å²) in [6.07, 6.45) is 0. The Kier molecular flexibility index (Phi) is 4.10.